The minimum Gasteiger partial charge on any atom is -0.493 e. The number of aldehydes is 1. The molecule has 23 heavy (non-hydrogen) atoms. The van der Waals surface area contributed by atoms with E-state index in [2.05, 4.69) is 13.8 Å². The molecule has 2 rings (SSSR count). The van der Waals surface area contributed by atoms with E-state index in [1.165, 1.54) is 0 Å². The zero-order valence-electron chi connectivity index (χ0n) is 14.3. The van der Waals surface area contributed by atoms with Crippen LogP contribution in [0.1, 0.15) is 37.0 Å². The number of rotatable bonds is 8. The van der Waals surface area contributed by atoms with Crippen LogP contribution >= 0.6 is 0 Å². The van der Waals surface area contributed by atoms with Crippen molar-refractivity contribution in [3.05, 3.63) is 23.8 Å². The Morgan fingerprint density at radius 3 is 2.65 bits per heavy atom. The lowest BCUT2D eigenvalue weighted by molar-refractivity contribution is -0.915. The first-order valence-electron chi connectivity index (χ1n) is 8.38. The molecule has 128 valence electrons. The first-order valence-corrected chi connectivity index (χ1v) is 8.38. The number of benzene rings is 1. The van der Waals surface area contributed by atoms with Gasteiger partial charge >= 0.3 is 0 Å². The summed E-state index contributed by atoms with van der Waals surface area (Å²) >= 11 is 0. The summed E-state index contributed by atoms with van der Waals surface area (Å²) < 4.78 is 16.8. The van der Waals surface area contributed by atoms with Gasteiger partial charge in [0.2, 0.25) is 0 Å². The first-order chi connectivity index (χ1) is 11.1. The smallest absolute Gasteiger partial charge is 0.171 e. The maximum atomic E-state index is 11.1. The van der Waals surface area contributed by atoms with Crippen LogP contribution in [0.3, 0.4) is 0 Å². The van der Waals surface area contributed by atoms with E-state index >= 15 is 0 Å². The van der Waals surface area contributed by atoms with Gasteiger partial charge in [-0.3, -0.25) is 4.79 Å². The highest BCUT2D eigenvalue weighted by Crippen LogP contribution is 2.30. The molecule has 1 fully saturated rings. The maximum absolute atomic E-state index is 11.1. The van der Waals surface area contributed by atoms with Gasteiger partial charge in [-0.2, -0.15) is 0 Å². The number of para-hydroxylation sites is 1. The molecule has 1 aromatic rings. The van der Waals surface area contributed by atoms with Gasteiger partial charge in [0.05, 0.1) is 25.8 Å². The molecular formula is C18H28NO4+. The molecule has 0 bridgehead atoms. The molecule has 0 radical (unpaired) electrons. The number of hydrogen-bond acceptors (Lipinski definition) is 4. The maximum Gasteiger partial charge on any atom is 0.171 e. The lowest BCUT2D eigenvalue weighted by Gasteiger charge is -2.32. The van der Waals surface area contributed by atoms with Crippen LogP contribution < -0.4 is 14.4 Å². The number of carbonyl (C=O) groups excluding carboxylic acids is 1. The van der Waals surface area contributed by atoms with Gasteiger partial charge in [-0.1, -0.05) is 6.07 Å². The van der Waals surface area contributed by atoms with Crippen molar-refractivity contribution >= 4 is 6.29 Å². The number of morpholine rings is 1. The largest absolute Gasteiger partial charge is 0.493 e. The Bertz CT molecular complexity index is 496. The molecule has 0 amide bonds. The summed E-state index contributed by atoms with van der Waals surface area (Å²) in [5, 5.41) is 0. The van der Waals surface area contributed by atoms with Gasteiger partial charge in [-0.15, -0.1) is 0 Å². The zero-order valence-corrected chi connectivity index (χ0v) is 14.3. The summed E-state index contributed by atoms with van der Waals surface area (Å²) in [4.78, 5) is 12.7. The minimum atomic E-state index is 0.341. The molecule has 1 heterocycles. The van der Waals surface area contributed by atoms with E-state index in [0.29, 0.717) is 35.9 Å². The summed E-state index contributed by atoms with van der Waals surface area (Å²) in [7, 11) is 1.58. The van der Waals surface area contributed by atoms with Crippen LogP contribution in [-0.4, -0.2) is 51.8 Å². The number of ether oxygens (including phenoxy) is 3. The average molecular weight is 322 g/mol. The van der Waals surface area contributed by atoms with E-state index in [9.17, 15) is 4.79 Å². The van der Waals surface area contributed by atoms with Crippen LogP contribution in [0.15, 0.2) is 18.2 Å². The van der Waals surface area contributed by atoms with Gasteiger partial charge < -0.3 is 19.1 Å². The highest BCUT2D eigenvalue weighted by Gasteiger charge is 2.24. The number of quaternary nitrogens is 1. The Balaban J connectivity index is 1.74. The molecule has 0 aliphatic carbocycles. The average Bonchev–Trinajstić information content (AvgIpc) is 2.53. The van der Waals surface area contributed by atoms with Crippen molar-refractivity contribution in [3.8, 4) is 11.5 Å². The van der Waals surface area contributed by atoms with Crippen molar-refractivity contribution in [3.63, 3.8) is 0 Å². The second kappa shape index (κ2) is 8.89. The lowest BCUT2D eigenvalue weighted by Crippen LogP contribution is -3.15. The van der Waals surface area contributed by atoms with Crippen LogP contribution in [0.4, 0.5) is 0 Å². The molecule has 2 atom stereocenters. The normalized spacial score (nSPS) is 24.2. The quantitative estimate of drug-likeness (QED) is 0.580. The fourth-order valence-corrected chi connectivity index (χ4v) is 3.19. The van der Waals surface area contributed by atoms with Crippen LogP contribution in [0.5, 0.6) is 11.5 Å². The van der Waals surface area contributed by atoms with Crippen LogP contribution in [0, 0.1) is 0 Å². The van der Waals surface area contributed by atoms with E-state index in [1.807, 2.05) is 6.07 Å². The van der Waals surface area contributed by atoms with E-state index in [-0.39, 0.29) is 0 Å². The molecular weight excluding hydrogens is 294 g/mol. The van der Waals surface area contributed by atoms with Crippen LogP contribution in [-0.2, 0) is 4.74 Å². The fraction of sp³-hybridized carbons (Fsp3) is 0.611. The van der Waals surface area contributed by atoms with Gasteiger partial charge in [0, 0.05) is 0 Å². The van der Waals surface area contributed by atoms with Gasteiger partial charge in [-0.25, -0.2) is 0 Å². The fourth-order valence-electron chi connectivity index (χ4n) is 3.19. The molecule has 5 nitrogen and oxygen atoms in total. The Hall–Kier alpha value is -1.59. The third-order valence-corrected chi connectivity index (χ3v) is 4.14. The van der Waals surface area contributed by atoms with Gasteiger partial charge in [0.1, 0.15) is 25.3 Å². The second-order valence-electron chi connectivity index (χ2n) is 6.22. The third kappa shape index (κ3) is 5.22. The molecule has 0 saturated carbocycles. The molecule has 1 aromatic carbocycles. The molecule has 0 spiro atoms. The van der Waals surface area contributed by atoms with Crippen LogP contribution in [0.2, 0.25) is 0 Å². The van der Waals surface area contributed by atoms with Gasteiger partial charge in [0.25, 0.3) is 0 Å². The second-order valence-corrected chi connectivity index (χ2v) is 6.22. The van der Waals surface area contributed by atoms with E-state index in [1.54, 1.807) is 24.1 Å². The molecule has 1 aliphatic rings. The zero-order chi connectivity index (χ0) is 16.7. The van der Waals surface area contributed by atoms with Crippen LogP contribution in [0.25, 0.3) is 0 Å². The van der Waals surface area contributed by atoms with Crippen molar-refractivity contribution in [1.82, 2.24) is 0 Å². The number of hydrogen-bond donors (Lipinski definition) is 1. The Morgan fingerprint density at radius 1 is 1.26 bits per heavy atom. The minimum absolute atomic E-state index is 0.341. The summed E-state index contributed by atoms with van der Waals surface area (Å²) in [6.45, 7) is 8.16. The number of methoxy groups -OCH3 is 1. The van der Waals surface area contributed by atoms with E-state index < -0.39 is 0 Å². The predicted octanol–water partition coefficient (Wildman–Crippen LogP) is 1.36. The van der Waals surface area contributed by atoms with Crippen molar-refractivity contribution in [1.29, 1.82) is 0 Å². The van der Waals surface area contributed by atoms with Gasteiger partial charge in [-0.05, 0) is 38.8 Å². The van der Waals surface area contributed by atoms with E-state index in [0.717, 1.165) is 38.8 Å². The Labute approximate surface area is 138 Å². The molecule has 0 unspecified atom stereocenters. The SMILES string of the molecule is COc1cccc(C=O)c1OCCCC[NH+]1C[C@H](C)O[C@@H](C)C1. The summed E-state index contributed by atoms with van der Waals surface area (Å²) in [5.74, 6) is 1.15. The van der Waals surface area contributed by atoms with Crippen molar-refractivity contribution < 1.29 is 23.9 Å². The first kappa shape index (κ1) is 17.8. The third-order valence-electron chi connectivity index (χ3n) is 4.14. The van der Waals surface area contributed by atoms with Crippen molar-refractivity contribution in [2.45, 2.75) is 38.9 Å². The van der Waals surface area contributed by atoms with E-state index in [4.69, 9.17) is 14.2 Å². The lowest BCUT2D eigenvalue weighted by atomic mass is 10.2. The molecule has 1 saturated heterocycles. The van der Waals surface area contributed by atoms with Gasteiger partial charge in [0.15, 0.2) is 17.8 Å². The highest BCUT2D eigenvalue weighted by molar-refractivity contribution is 5.81. The highest BCUT2D eigenvalue weighted by atomic mass is 16.5. The standard InChI is InChI=1S/C18H27NO4/c1-14-11-19(12-15(2)23-14)9-4-5-10-22-18-16(13-20)7-6-8-17(18)21-3/h6-8,13-15H,4-5,9-12H2,1-3H3/p+1/t14-,15-/m0/s1. The molecule has 1 N–H and O–H groups in total. The summed E-state index contributed by atoms with van der Waals surface area (Å²) in [5.41, 5.74) is 0.533. The predicted molar refractivity (Wildman–Crippen MR) is 88.7 cm³/mol. The number of carbonyl (C=O) groups is 1. The molecule has 5 heteroatoms. The Morgan fingerprint density at radius 2 is 2.00 bits per heavy atom. The van der Waals surface area contributed by atoms with Crippen molar-refractivity contribution in [2.75, 3.05) is 33.4 Å². The monoisotopic (exact) mass is 322 g/mol. The summed E-state index contributed by atoms with van der Waals surface area (Å²) in [6, 6.07) is 5.34. The molecule has 0 aromatic heterocycles. The molecule has 1 aliphatic heterocycles. The number of unbranched alkanes of at least 4 members (excludes halogenated alkanes) is 1. The Kier molecular flexibility index (Phi) is 6.86. The topological polar surface area (TPSA) is 49.2 Å². The van der Waals surface area contributed by atoms with Crippen molar-refractivity contribution in [2.24, 2.45) is 0 Å². The number of nitrogens with one attached hydrogen (secondary N) is 1. The summed E-state index contributed by atoms with van der Waals surface area (Å²) in [6.07, 6.45) is 3.55.